The van der Waals surface area contributed by atoms with Crippen molar-refractivity contribution in [2.45, 2.75) is 6.54 Å². The van der Waals surface area contributed by atoms with Crippen molar-refractivity contribution in [3.05, 3.63) is 66.6 Å². The molecule has 2 aromatic heterocycles. The Bertz CT molecular complexity index is 1100. The van der Waals surface area contributed by atoms with Crippen LogP contribution in [-0.4, -0.2) is 26.9 Å². The number of benzene rings is 2. The summed E-state index contributed by atoms with van der Waals surface area (Å²) in [7, 11) is 1.63. The van der Waals surface area contributed by atoms with Crippen LogP contribution in [-0.2, 0) is 6.54 Å². The second-order valence-corrected chi connectivity index (χ2v) is 5.83. The molecule has 0 aliphatic rings. The normalized spacial score (nSPS) is 11.3. The summed E-state index contributed by atoms with van der Waals surface area (Å²) in [6.45, 7) is 0.440. The zero-order valence-electron chi connectivity index (χ0n) is 14.6. The van der Waals surface area contributed by atoms with E-state index in [1.54, 1.807) is 18.0 Å². The number of methoxy groups -OCH3 is 1. The largest absolute Gasteiger partial charge is 0.497 e. The molecule has 0 spiro atoms. The summed E-state index contributed by atoms with van der Waals surface area (Å²) in [6.07, 6.45) is 3.14. The highest BCUT2D eigenvalue weighted by atomic mass is 16.5. The van der Waals surface area contributed by atoms with Gasteiger partial charge in [0, 0.05) is 11.8 Å². The highest BCUT2D eigenvalue weighted by Gasteiger charge is 2.11. The number of nitrogens with zero attached hydrogens (tertiary/aromatic N) is 6. The van der Waals surface area contributed by atoms with E-state index in [-0.39, 0.29) is 0 Å². The molecule has 0 unspecified atom stereocenters. The monoisotopic (exact) mass is 359 g/mol. The standard InChI is InChI=1S/C19H17N7O/c1-27-16-4-2-3-15(9-16)26-19-17(11-24-26)18(21-12-22-19)25-23-10-13-5-7-14(20)8-6-13/h2-9,11-12H,10,20H2,1H3. The second-order valence-electron chi connectivity index (χ2n) is 5.83. The molecule has 2 N–H and O–H groups in total. The van der Waals surface area contributed by atoms with Gasteiger partial charge in [-0.3, -0.25) is 0 Å². The summed E-state index contributed by atoms with van der Waals surface area (Å²) in [6, 6.07) is 15.1. The Labute approximate surface area is 155 Å². The van der Waals surface area contributed by atoms with E-state index >= 15 is 0 Å². The predicted molar refractivity (Wildman–Crippen MR) is 102 cm³/mol. The summed E-state index contributed by atoms with van der Waals surface area (Å²) >= 11 is 0. The summed E-state index contributed by atoms with van der Waals surface area (Å²) in [4.78, 5) is 8.57. The zero-order valence-corrected chi connectivity index (χ0v) is 14.6. The smallest absolute Gasteiger partial charge is 0.188 e. The quantitative estimate of drug-likeness (QED) is 0.432. The minimum atomic E-state index is 0.440. The third-order valence-electron chi connectivity index (χ3n) is 4.04. The van der Waals surface area contributed by atoms with E-state index in [0.717, 1.165) is 28.1 Å². The summed E-state index contributed by atoms with van der Waals surface area (Å²) in [5.41, 5.74) is 8.92. The van der Waals surface area contributed by atoms with Gasteiger partial charge in [-0.1, -0.05) is 18.2 Å². The first-order valence-electron chi connectivity index (χ1n) is 8.29. The molecule has 0 amide bonds. The van der Waals surface area contributed by atoms with Crippen molar-refractivity contribution in [1.29, 1.82) is 0 Å². The Hall–Kier alpha value is -3.81. The molecule has 2 aromatic carbocycles. The first kappa shape index (κ1) is 16.6. The van der Waals surface area contributed by atoms with Gasteiger partial charge in [0.2, 0.25) is 0 Å². The summed E-state index contributed by atoms with van der Waals surface area (Å²) < 4.78 is 7.00. The van der Waals surface area contributed by atoms with E-state index in [9.17, 15) is 0 Å². The minimum absolute atomic E-state index is 0.440. The number of fused-ring (bicyclic) bond motifs is 1. The van der Waals surface area contributed by atoms with Gasteiger partial charge in [0.25, 0.3) is 0 Å². The Kier molecular flexibility index (Phi) is 4.44. The topological polar surface area (TPSA) is 104 Å². The number of aromatic nitrogens is 4. The maximum Gasteiger partial charge on any atom is 0.188 e. The molecule has 0 bridgehead atoms. The maximum absolute atomic E-state index is 5.69. The van der Waals surface area contributed by atoms with Crippen LogP contribution in [0, 0.1) is 0 Å². The van der Waals surface area contributed by atoms with Crippen LogP contribution in [0.4, 0.5) is 11.5 Å². The van der Waals surface area contributed by atoms with Gasteiger partial charge in [0.05, 0.1) is 30.9 Å². The Morgan fingerprint density at radius 3 is 2.78 bits per heavy atom. The Balaban J connectivity index is 1.64. The van der Waals surface area contributed by atoms with Crippen LogP contribution >= 0.6 is 0 Å². The number of azo groups is 1. The number of nitrogens with two attached hydrogens (primary N) is 1. The van der Waals surface area contributed by atoms with Gasteiger partial charge in [-0.25, -0.2) is 14.6 Å². The highest BCUT2D eigenvalue weighted by Crippen LogP contribution is 2.25. The van der Waals surface area contributed by atoms with Crippen molar-refractivity contribution < 1.29 is 4.74 Å². The lowest BCUT2D eigenvalue weighted by Crippen LogP contribution is -1.98. The molecular weight excluding hydrogens is 342 g/mol. The molecule has 4 aromatic rings. The number of anilines is 1. The van der Waals surface area contributed by atoms with Crippen molar-refractivity contribution in [3.8, 4) is 11.4 Å². The van der Waals surface area contributed by atoms with Crippen LogP contribution in [0.5, 0.6) is 5.75 Å². The lowest BCUT2D eigenvalue weighted by atomic mass is 10.2. The van der Waals surface area contributed by atoms with Crippen molar-refractivity contribution in [2.75, 3.05) is 12.8 Å². The van der Waals surface area contributed by atoms with Gasteiger partial charge in [-0.15, -0.1) is 5.11 Å². The van der Waals surface area contributed by atoms with E-state index < -0.39 is 0 Å². The second kappa shape index (κ2) is 7.20. The fourth-order valence-electron chi connectivity index (χ4n) is 2.65. The first-order valence-corrected chi connectivity index (χ1v) is 8.29. The van der Waals surface area contributed by atoms with E-state index in [0.29, 0.717) is 18.0 Å². The van der Waals surface area contributed by atoms with Crippen LogP contribution in [0.25, 0.3) is 16.7 Å². The van der Waals surface area contributed by atoms with E-state index in [1.165, 1.54) is 6.33 Å². The van der Waals surface area contributed by atoms with Crippen LogP contribution in [0.1, 0.15) is 5.56 Å². The van der Waals surface area contributed by atoms with Gasteiger partial charge in [0.15, 0.2) is 11.5 Å². The summed E-state index contributed by atoms with van der Waals surface area (Å²) in [5, 5.41) is 13.6. The molecule has 0 aliphatic carbocycles. The van der Waals surface area contributed by atoms with Gasteiger partial charge in [-0.2, -0.15) is 10.2 Å². The molecule has 0 fully saturated rings. The fraction of sp³-hybridized carbons (Fsp3) is 0.105. The van der Waals surface area contributed by atoms with E-state index in [2.05, 4.69) is 25.3 Å². The third kappa shape index (κ3) is 3.45. The molecule has 2 heterocycles. The Morgan fingerprint density at radius 2 is 1.96 bits per heavy atom. The summed E-state index contributed by atoms with van der Waals surface area (Å²) in [5.74, 6) is 1.22. The third-order valence-corrected chi connectivity index (χ3v) is 4.04. The molecular formula is C19H17N7O. The molecule has 134 valence electrons. The highest BCUT2D eigenvalue weighted by molar-refractivity contribution is 5.85. The maximum atomic E-state index is 5.69. The fourth-order valence-corrected chi connectivity index (χ4v) is 2.65. The van der Waals surface area contributed by atoms with Crippen molar-refractivity contribution >= 4 is 22.5 Å². The average molecular weight is 359 g/mol. The lowest BCUT2D eigenvalue weighted by Gasteiger charge is -2.05. The van der Waals surface area contributed by atoms with Crippen LogP contribution in [0.2, 0.25) is 0 Å². The molecule has 27 heavy (non-hydrogen) atoms. The molecule has 0 saturated heterocycles. The molecule has 0 aliphatic heterocycles. The number of hydrogen-bond acceptors (Lipinski definition) is 7. The first-order chi connectivity index (χ1) is 13.2. The molecule has 8 heteroatoms. The molecule has 0 saturated carbocycles. The zero-order chi connectivity index (χ0) is 18.6. The minimum Gasteiger partial charge on any atom is -0.497 e. The average Bonchev–Trinajstić information content (AvgIpc) is 3.14. The lowest BCUT2D eigenvalue weighted by molar-refractivity contribution is 0.414. The molecule has 8 nitrogen and oxygen atoms in total. The van der Waals surface area contributed by atoms with E-state index in [4.69, 9.17) is 10.5 Å². The van der Waals surface area contributed by atoms with Gasteiger partial charge in [0.1, 0.15) is 12.1 Å². The SMILES string of the molecule is COc1cccc(-n2ncc3c(N=NCc4ccc(N)cc4)ncnc32)c1. The van der Waals surface area contributed by atoms with Crippen LogP contribution < -0.4 is 10.5 Å². The number of ether oxygens (including phenoxy) is 1. The molecule has 4 rings (SSSR count). The van der Waals surface area contributed by atoms with Crippen LogP contribution in [0.15, 0.2) is 71.3 Å². The molecule has 0 atom stereocenters. The van der Waals surface area contributed by atoms with Crippen LogP contribution in [0.3, 0.4) is 0 Å². The Morgan fingerprint density at radius 1 is 1.11 bits per heavy atom. The van der Waals surface area contributed by atoms with E-state index in [1.807, 2.05) is 48.5 Å². The molecule has 0 radical (unpaired) electrons. The van der Waals surface area contributed by atoms with Crippen molar-refractivity contribution in [3.63, 3.8) is 0 Å². The van der Waals surface area contributed by atoms with Crippen molar-refractivity contribution in [1.82, 2.24) is 19.7 Å². The number of rotatable bonds is 5. The van der Waals surface area contributed by atoms with Gasteiger partial charge >= 0.3 is 0 Å². The van der Waals surface area contributed by atoms with Crippen molar-refractivity contribution in [2.24, 2.45) is 10.2 Å². The number of hydrogen-bond donors (Lipinski definition) is 1. The van der Waals surface area contributed by atoms with Gasteiger partial charge < -0.3 is 10.5 Å². The predicted octanol–water partition coefficient (Wildman–Crippen LogP) is 3.69. The number of nitrogen functional groups attached to an aromatic ring is 1. The van der Waals surface area contributed by atoms with Gasteiger partial charge in [-0.05, 0) is 29.8 Å².